The second kappa shape index (κ2) is 9.08. The molecule has 1 amide bonds. The van der Waals surface area contributed by atoms with E-state index >= 15 is 0 Å². The quantitative estimate of drug-likeness (QED) is 0.540. The lowest BCUT2D eigenvalue weighted by molar-refractivity contribution is -0.120. The zero-order chi connectivity index (χ0) is 20.1. The van der Waals surface area contributed by atoms with Crippen molar-refractivity contribution in [1.29, 1.82) is 0 Å². The van der Waals surface area contributed by atoms with Gasteiger partial charge in [0, 0.05) is 30.2 Å². The Kier molecular flexibility index (Phi) is 6.09. The lowest BCUT2D eigenvalue weighted by Crippen LogP contribution is -2.26. The Labute approximate surface area is 171 Å². The van der Waals surface area contributed by atoms with Gasteiger partial charge in [0.05, 0.1) is 6.42 Å². The minimum absolute atomic E-state index is 0.0612. The van der Waals surface area contributed by atoms with Gasteiger partial charge >= 0.3 is 0 Å². The van der Waals surface area contributed by atoms with Crippen LogP contribution in [-0.4, -0.2) is 17.0 Å². The van der Waals surface area contributed by atoms with Gasteiger partial charge in [-0.2, -0.15) is 0 Å². The SMILES string of the molecule is O=C(Cc1cn(Cc2ccc(F)cc2)c2ccccc12)NCCC1=CCCCC1. The number of benzene rings is 2. The highest BCUT2D eigenvalue weighted by molar-refractivity contribution is 5.89. The van der Waals surface area contributed by atoms with Gasteiger partial charge in [-0.15, -0.1) is 0 Å². The molecule has 0 aliphatic heterocycles. The molecule has 0 bridgehead atoms. The van der Waals surface area contributed by atoms with E-state index in [2.05, 4.69) is 34.3 Å². The highest BCUT2D eigenvalue weighted by Gasteiger charge is 2.12. The average molecular weight is 391 g/mol. The van der Waals surface area contributed by atoms with Crippen molar-refractivity contribution in [3.05, 3.63) is 83.3 Å². The van der Waals surface area contributed by atoms with Crippen molar-refractivity contribution in [3.8, 4) is 0 Å². The fourth-order valence-corrected chi connectivity index (χ4v) is 4.11. The Morgan fingerprint density at radius 3 is 2.69 bits per heavy atom. The highest BCUT2D eigenvalue weighted by Crippen LogP contribution is 2.23. The Hall–Kier alpha value is -2.88. The van der Waals surface area contributed by atoms with Crippen LogP contribution in [0.1, 0.15) is 43.2 Å². The number of nitrogens with zero attached hydrogens (tertiary/aromatic N) is 1. The van der Waals surface area contributed by atoms with Gasteiger partial charge in [0.25, 0.3) is 0 Å². The summed E-state index contributed by atoms with van der Waals surface area (Å²) in [7, 11) is 0. The van der Waals surface area contributed by atoms with Crippen LogP contribution in [0.15, 0.2) is 66.4 Å². The van der Waals surface area contributed by atoms with E-state index in [1.165, 1.54) is 43.4 Å². The second-order valence-corrected chi connectivity index (χ2v) is 7.81. The van der Waals surface area contributed by atoms with Crippen molar-refractivity contribution in [1.82, 2.24) is 9.88 Å². The first-order valence-electron chi connectivity index (χ1n) is 10.4. The van der Waals surface area contributed by atoms with E-state index in [9.17, 15) is 9.18 Å². The zero-order valence-electron chi connectivity index (χ0n) is 16.7. The fourth-order valence-electron chi connectivity index (χ4n) is 4.11. The summed E-state index contributed by atoms with van der Waals surface area (Å²) in [6.45, 7) is 1.36. The van der Waals surface area contributed by atoms with Crippen molar-refractivity contribution in [2.45, 2.75) is 45.1 Å². The number of hydrogen-bond acceptors (Lipinski definition) is 1. The standard InChI is InChI=1S/C25H27FN2O/c26-22-12-10-20(11-13-22)17-28-18-21(23-8-4-5-9-24(23)28)16-25(29)27-15-14-19-6-2-1-3-7-19/h4-6,8-13,18H,1-3,7,14-17H2,(H,27,29). The number of carbonyl (C=O) groups is 1. The van der Waals surface area contributed by atoms with Crippen LogP contribution < -0.4 is 5.32 Å². The molecule has 0 atom stereocenters. The molecule has 3 nitrogen and oxygen atoms in total. The molecule has 3 aromatic rings. The van der Waals surface area contributed by atoms with Crippen LogP contribution in [0.4, 0.5) is 4.39 Å². The molecule has 1 aromatic heterocycles. The van der Waals surface area contributed by atoms with Crippen molar-refractivity contribution < 1.29 is 9.18 Å². The van der Waals surface area contributed by atoms with Crippen LogP contribution in [0.3, 0.4) is 0 Å². The zero-order valence-corrected chi connectivity index (χ0v) is 16.7. The minimum atomic E-state index is -0.229. The normalized spacial score (nSPS) is 14.0. The lowest BCUT2D eigenvalue weighted by atomic mass is 9.97. The van der Waals surface area contributed by atoms with Crippen LogP contribution in [0.2, 0.25) is 0 Å². The number of carbonyl (C=O) groups excluding carboxylic acids is 1. The largest absolute Gasteiger partial charge is 0.355 e. The van der Waals surface area contributed by atoms with Crippen LogP contribution in [-0.2, 0) is 17.8 Å². The molecule has 1 heterocycles. The van der Waals surface area contributed by atoms with Gasteiger partial charge < -0.3 is 9.88 Å². The molecule has 150 valence electrons. The number of rotatable bonds is 7. The maximum absolute atomic E-state index is 13.2. The molecule has 1 N–H and O–H groups in total. The Balaban J connectivity index is 1.43. The molecule has 4 heteroatoms. The van der Waals surface area contributed by atoms with E-state index in [1.54, 1.807) is 12.1 Å². The first-order chi connectivity index (χ1) is 14.2. The number of allylic oxidation sites excluding steroid dienone is 1. The van der Waals surface area contributed by atoms with E-state index in [0.717, 1.165) is 28.5 Å². The second-order valence-electron chi connectivity index (χ2n) is 7.81. The third kappa shape index (κ3) is 4.94. The molecule has 0 saturated carbocycles. The van der Waals surface area contributed by atoms with E-state index < -0.39 is 0 Å². The smallest absolute Gasteiger partial charge is 0.224 e. The van der Waals surface area contributed by atoms with Crippen LogP contribution >= 0.6 is 0 Å². The Bertz CT molecular complexity index is 1020. The number of para-hydroxylation sites is 1. The monoisotopic (exact) mass is 390 g/mol. The van der Waals surface area contributed by atoms with Gasteiger partial charge in [0.2, 0.25) is 5.91 Å². The maximum Gasteiger partial charge on any atom is 0.224 e. The molecule has 29 heavy (non-hydrogen) atoms. The molecule has 0 saturated heterocycles. The molecule has 1 aliphatic carbocycles. The predicted octanol–water partition coefficient (Wildman–Crippen LogP) is 5.38. The summed E-state index contributed by atoms with van der Waals surface area (Å²) in [5, 5.41) is 4.17. The van der Waals surface area contributed by atoms with Gasteiger partial charge in [-0.05, 0) is 61.4 Å². The molecule has 0 fully saturated rings. The van der Waals surface area contributed by atoms with Gasteiger partial charge in [-0.3, -0.25) is 4.79 Å². The molecule has 1 aliphatic rings. The summed E-state index contributed by atoms with van der Waals surface area (Å²) < 4.78 is 15.3. The molecular formula is C25H27FN2O. The van der Waals surface area contributed by atoms with E-state index in [4.69, 9.17) is 0 Å². The van der Waals surface area contributed by atoms with E-state index in [0.29, 0.717) is 19.5 Å². The lowest BCUT2D eigenvalue weighted by Gasteiger charge is -2.12. The van der Waals surface area contributed by atoms with Crippen molar-refractivity contribution in [2.75, 3.05) is 6.54 Å². The summed E-state index contributed by atoms with van der Waals surface area (Å²) >= 11 is 0. The van der Waals surface area contributed by atoms with Gasteiger partial charge in [-0.25, -0.2) is 4.39 Å². The molecule has 2 aromatic carbocycles. The summed E-state index contributed by atoms with van der Waals surface area (Å²) in [5.74, 6) is -0.168. The number of halogens is 1. The maximum atomic E-state index is 13.2. The fraction of sp³-hybridized carbons (Fsp3) is 0.320. The summed E-state index contributed by atoms with van der Waals surface area (Å²) in [6, 6.07) is 14.7. The number of amides is 1. The van der Waals surface area contributed by atoms with Crippen LogP contribution in [0.25, 0.3) is 10.9 Å². The summed E-state index contributed by atoms with van der Waals surface area (Å²) in [4.78, 5) is 12.5. The van der Waals surface area contributed by atoms with Crippen molar-refractivity contribution in [2.24, 2.45) is 0 Å². The number of hydrogen-bond donors (Lipinski definition) is 1. The first-order valence-corrected chi connectivity index (χ1v) is 10.4. The molecule has 0 radical (unpaired) electrons. The number of aromatic nitrogens is 1. The topological polar surface area (TPSA) is 34.0 Å². The minimum Gasteiger partial charge on any atom is -0.355 e. The first kappa shape index (κ1) is 19.4. The number of nitrogens with one attached hydrogen (secondary N) is 1. The van der Waals surface area contributed by atoms with Crippen molar-refractivity contribution in [3.63, 3.8) is 0 Å². The molecule has 0 unspecified atom stereocenters. The summed E-state index contributed by atoms with van der Waals surface area (Å²) in [5.41, 5.74) is 4.63. The summed E-state index contributed by atoms with van der Waals surface area (Å²) in [6.07, 6.45) is 10.6. The van der Waals surface area contributed by atoms with Crippen LogP contribution in [0.5, 0.6) is 0 Å². The Morgan fingerprint density at radius 1 is 1.07 bits per heavy atom. The third-order valence-electron chi connectivity index (χ3n) is 5.64. The predicted molar refractivity (Wildman–Crippen MR) is 115 cm³/mol. The molecule has 0 spiro atoms. The highest BCUT2D eigenvalue weighted by atomic mass is 19.1. The van der Waals surface area contributed by atoms with Gasteiger partial charge in [0.15, 0.2) is 0 Å². The third-order valence-corrected chi connectivity index (χ3v) is 5.64. The number of fused-ring (bicyclic) bond motifs is 1. The van der Waals surface area contributed by atoms with Gasteiger partial charge in [-0.1, -0.05) is 42.0 Å². The van der Waals surface area contributed by atoms with Crippen molar-refractivity contribution >= 4 is 16.8 Å². The average Bonchev–Trinajstić information content (AvgIpc) is 3.08. The van der Waals surface area contributed by atoms with E-state index in [1.807, 2.05) is 12.1 Å². The molecule has 4 rings (SSSR count). The Morgan fingerprint density at radius 2 is 1.90 bits per heavy atom. The van der Waals surface area contributed by atoms with Crippen LogP contribution in [0, 0.1) is 5.82 Å². The molecular weight excluding hydrogens is 363 g/mol. The van der Waals surface area contributed by atoms with Gasteiger partial charge in [0.1, 0.15) is 5.82 Å². The van der Waals surface area contributed by atoms with E-state index in [-0.39, 0.29) is 11.7 Å².